The van der Waals surface area contributed by atoms with E-state index in [-0.39, 0.29) is 6.42 Å². The highest BCUT2D eigenvalue weighted by molar-refractivity contribution is 5.93. The van der Waals surface area contributed by atoms with Gasteiger partial charge in [-0.2, -0.15) is 0 Å². The molecule has 192 valence electrons. The molecule has 0 aliphatic carbocycles. The molecule has 1 unspecified atom stereocenters. The van der Waals surface area contributed by atoms with Crippen molar-refractivity contribution in [1.82, 2.24) is 21.3 Å². The van der Waals surface area contributed by atoms with Gasteiger partial charge in [-0.15, -0.1) is 0 Å². The van der Waals surface area contributed by atoms with Gasteiger partial charge in [0.05, 0.1) is 32.1 Å². The number of esters is 1. The molecule has 2 atom stereocenters. The highest BCUT2D eigenvalue weighted by Crippen LogP contribution is 2.12. The van der Waals surface area contributed by atoms with Gasteiger partial charge in [-0.3, -0.25) is 28.8 Å². The first-order valence-corrected chi connectivity index (χ1v) is 10.7. The van der Waals surface area contributed by atoms with Crippen LogP contribution in [0.25, 0.3) is 0 Å². The Labute approximate surface area is 202 Å². The lowest BCUT2D eigenvalue weighted by Gasteiger charge is -2.20. The van der Waals surface area contributed by atoms with Gasteiger partial charge in [-0.25, -0.2) is 0 Å². The third kappa shape index (κ3) is 12.1. The monoisotopic (exact) mass is 492 g/mol. The topological polar surface area (TPSA) is 212 Å². The summed E-state index contributed by atoms with van der Waals surface area (Å²) in [6, 6.07) is 5.89. The van der Waals surface area contributed by atoms with Crippen molar-refractivity contribution in [2.45, 2.75) is 44.9 Å². The molecule has 0 heterocycles. The lowest BCUT2D eigenvalue weighted by Crippen LogP contribution is -2.48. The summed E-state index contributed by atoms with van der Waals surface area (Å²) in [5.41, 5.74) is 10.4. The lowest BCUT2D eigenvalue weighted by molar-refractivity contribution is -0.156. The van der Waals surface area contributed by atoms with E-state index in [1.165, 1.54) is 0 Å². The second-order valence-electron chi connectivity index (χ2n) is 8.49. The van der Waals surface area contributed by atoms with Crippen LogP contribution in [0.15, 0.2) is 30.3 Å². The van der Waals surface area contributed by atoms with Gasteiger partial charge in [-0.05, 0) is 26.3 Å². The molecule has 13 nitrogen and oxygen atoms in total. The van der Waals surface area contributed by atoms with Gasteiger partial charge in [0.15, 0.2) is 0 Å². The molecule has 1 aromatic carbocycles. The highest BCUT2D eigenvalue weighted by atomic mass is 16.6. The van der Waals surface area contributed by atoms with Crippen LogP contribution in [0.4, 0.5) is 0 Å². The predicted octanol–water partition coefficient (Wildman–Crippen LogP) is -2.26. The van der Waals surface area contributed by atoms with Crippen molar-refractivity contribution >= 4 is 35.5 Å². The molecule has 0 saturated carbocycles. The fourth-order valence-corrected chi connectivity index (χ4v) is 2.63. The maximum Gasteiger partial charge on any atom is 0.308 e. The van der Waals surface area contributed by atoms with Crippen LogP contribution in [0.5, 0.6) is 0 Å². The minimum absolute atomic E-state index is 0.369. The van der Waals surface area contributed by atoms with E-state index in [4.69, 9.17) is 16.2 Å². The van der Waals surface area contributed by atoms with Crippen LogP contribution in [-0.2, 0) is 33.5 Å². The van der Waals surface area contributed by atoms with Gasteiger partial charge in [0.1, 0.15) is 11.6 Å². The number of rotatable bonds is 12. The van der Waals surface area contributed by atoms with Crippen LogP contribution >= 0.6 is 0 Å². The van der Waals surface area contributed by atoms with Gasteiger partial charge in [-0.1, -0.05) is 30.3 Å². The van der Waals surface area contributed by atoms with E-state index in [1.807, 2.05) is 0 Å². The number of amides is 5. The Balaban J connectivity index is 2.53. The predicted molar refractivity (Wildman–Crippen MR) is 124 cm³/mol. The molecule has 1 rings (SSSR count). The quantitative estimate of drug-likeness (QED) is 0.175. The molecule has 0 aromatic heterocycles. The van der Waals surface area contributed by atoms with Crippen LogP contribution in [0.3, 0.4) is 0 Å². The van der Waals surface area contributed by atoms with Crippen LogP contribution in [0, 0.1) is 0 Å². The molecule has 1 aromatic rings. The number of hydrogen-bond acceptors (Lipinski definition) is 8. The molecule has 0 aliphatic heterocycles. The smallest absolute Gasteiger partial charge is 0.308 e. The second-order valence-corrected chi connectivity index (χ2v) is 8.49. The molecule has 8 N–H and O–H groups in total. The van der Waals surface area contributed by atoms with Crippen molar-refractivity contribution in [1.29, 1.82) is 0 Å². The molecule has 0 radical (unpaired) electrons. The van der Waals surface area contributed by atoms with Crippen LogP contribution in [0.2, 0.25) is 0 Å². The zero-order chi connectivity index (χ0) is 26.6. The van der Waals surface area contributed by atoms with Crippen molar-refractivity contribution in [3.8, 4) is 0 Å². The minimum Gasteiger partial charge on any atom is -0.460 e. The van der Waals surface area contributed by atoms with Gasteiger partial charge in [0.25, 0.3) is 0 Å². The Hall–Kier alpha value is -4.00. The summed E-state index contributed by atoms with van der Waals surface area (Å²) in [6.45, 7) is 3.62. The number of carbonyl (C=O) groups excluding carboxylic acids is 6. The Morgan fingerprint density at radius 1 is 0.857 bits per heavy atom. The van der Waals surface area contributed by atoms with Crippen molar-refractivity contribution in [3.05, 3.63) is 35.9 Å². The number of ether oxygens (including phenoxy) is 1. The van der Waals surface area contributed by atoms with Crippen molar-refractivity contribution in [3.63, 3.8) is 0 Å². The van der Waals surface area contributed by atoms with Crippen LogP contribution in [0.1, 0.15) is 38.8 Å². The fraction of sp³-hybridized carbons (Fsp3) is 0.455. The number of nitrogens with one attached hydrogen (secondary N) is 4. The summed E-state index contributed by atoms with van der Waals surface area (Å²) < 4.78 is 5.08. The maximum absolute atomic E-state index is 12.4. The lowest BCUT2D eigenvalue weighted by atomic mass is 10.1. The van der Waals surface area contributed by atoms with Gasteiger partial charge in [0.2, 0.25) is 29.5 Å². The molecular formula is C22H32N6O7. The van der Waals surface area contributed by atoms with E-state index in [0.29, 0.717) is 5.56 Å². The van der Waals surface area contributed by atoms with Crippen LogP contribution in [-0.4, -0.2) is 66.8 Å². The zero-order valence-electron chi connectivity index (χ0n) is 19.9. The zero-order valence-corrected chi connectivity index (χ0v) is 19.9. The number of nitrogens with two attached hydrogens (primary N) is 2. The molecule has 0 spiro atoms. The Bertz CT molecular complexity index is 930. The van der Waals surface area contributed by atoms with E-state index in [9.17, 15) is 28.8 Å². The molecule has 5 amide bonds. The Kier molecular flexibility index (Phi) is 11.3. The fourth-order valence-electron chi connectivity index (χ4n) is 2.63. The largest absolute Gasteiger partial charge is 0.460 e. The number of primary amides is 1. The van der Waals surface area contributed by atoms with E-state index >= 15 is 0 Å². The van der Waals surface area contributed by atoms with E-state index in [1.54, 1.807) is 51.1 Å². The van der Waals surface area contributed by atoms with Crippen molar-refractivity contribution in [2.75, 3.05) is 19.6 Å². The van der Waals surface area contributed by atoms with Gasteiger partial charge >= 0.3 is 5.97 Å². The molecular weight excluding hydrogens is 460 g/mol. The first kappa shape index (κ1) is 29.0. The summed E-state index contributed by atoms with van der Waals surface area (Å²) in [6.07, 6.45) is -0.369. The molecule has 0 saturated heterocycles. The first-order chi connectivity index (χ1) is 16.3. The average Bonchev–Trinajstić information content (AvgIpc) is 2.77. The second kappa shape index (κ2) is 13.6. The third-order valence-corrected chi connectivity index (χ3v) is 4.15. The van der Waals surface area contributed by atoms with E-state index in [0.717, 1.165) is 0 Å². The molecule has 13 heteroatoms. The number of hydrogen-bond donors (Lipinski definition) is 6. The molecule has 0 bridgehead atoms. The SMILES string of the molecule is CC(C)(C)OC(=O)CC(N)C(=O)NCC(=O)NCC(=O)N[C@H](C(=O)NCC(N)=O)c1ccccc1. The first-order valence-electron chi connectivity index (χ1n) is 10.7. The summed E-state index contributed by atoms with van der Waals surface area (Å²) in [5, 5.41) is 9.32. The molecule has 0 aliphatic rings. The minimum atomic E-state index is -1.22. The summed E-state index contributed by atoms with van der Waals surface area (Å²) in [4.78, 5) is 71.4. The Morgan fingerprint density at radius 3 is 2.00 bits per heavy atom. The third-order valence-electron chi connectivity index (χ3n) is 4.15. The van der Waals surface area contributed by atoms with Crippen LogP contribution < -0.4 is 32.7 Å². The summed E-state index contributed by atoms with van der Waals surface area (Å²) >= 11 is 0. The maximum atomic E-state index is 12.4. The molecule has 35 heavy (non-hydrogen) atoms. The highest BCUT2D eigenvalue weighted by Gasteiger charge is 2.24. The van der Waals surface area contributed by atoms with Gasteiger partial charge < -0.3 is 37.5 Å². The summed E-state index contributed by atoms with van der Waals surface area (Å²) in [7, 11) is 0. The summed E-state index contributed by atoms with van der Waals surface area (Å²) in [5.74, 6) is -4.22. The van der Waals surface area contributed by atoms with E-state index < -0.39 is 72.8 Å². The average molecular weight is 493 g/mol. The standard InChI is InChI=1S/C22H32N6O7/c1-22(2,3)35-18(32)9-14(23)20(33)27-11-16(30)25-12-17(31)28-19(13-7-5-4-6-8-13)21(34)26-10-15(24)29/h4-8,14,19H,9-12,23H2,1-3H3,(H2,24,29)(H,25,30)(H,26,34)(H,27,33)(H,28,31)/t14?,19-/m0/s1. The van der Waals surface area contributed by atoms with Crippen molar-refractivity contribution in [2.24, 2.45) is 11.5 Å². The number of carbonyl (C=O) groups is 6. The van der Waals surface area contributed by atoms with E-state index in [2.05, 4.69) is 21.3 Å². The normalized spacial score (nSPS) is 12.5. The Morgan fingerprint density at radius 2 is 1.43 bits per heavy atom. The number of benzene rings is 1. The molecule has 0 fully saturated rings. The van der Waals surface area contributed by atoms with Crippen molar-refractivity contribution < 1.29 is 33.5 Å². The van der Waals surface area contributed by atoms with Gasteiger partial charge in [0, 0.05) is 0 Å².